The summed E-state index contributed by atoms with van der Waals surface area (Å²) in [5, 5.41) is 4.46. The Bertz CT molecular complexity index is 1170. The molecule has 27 heavy (non-hydrogen) atoms. The first-order chi connectivity index (χ1) is 13.0. The van der Waals surface area contributed by atoms with Gasteiger partial charge in [-0.1, -0.05) is 6.07 Å². The standard InChI is InChI=1S/C20H21N7/c1-11-5-6-19-24-18(10-26(19)9-11)16-7-15(16)17-8-20(23-12(2)22-17)27-14(4)21-13(3)25-27/h5-6,8-10,15-16H,7H2,1-4H3/t15-,16?/m1/s1. The van der Waals surface area contributed by atoms with Crippen LogP contribution in [0.2, 0.25) is 0 Å². The summed E-state index contributed by atoms with van der Waals surface area (Å²) < 4.78 is 3.90. The number of hydrogen-bond donors (Lipinski definition) is 0. The summed E-state index contributed by atoms with van der Waals surface area (Å²) in [6.07, 6.45) is 5.33. The highest BCUT2D eigenvalue weighted by atomic mass is 15.4. The van der Waals surface area contributed by atoms with Crippen molar-refractivity contribution in [1.29, 1.82) is 0 Å². The molecule has 0 amide bonds. The van der Waals surface area contributed by atoms with Crippen molar-refractivity contribution in [3.63, 3.8) is 0 Å². The van der Waals surface area contributed by atoms with Crippen molar-refractivity contribution in [2.45, 2.75) is 46.0 Å². The van der Waals surface area contributed by atoms with Gasteiger partial charge in [0, 0.05) is 30.3 Å². The van der Waals surface area contributed by atoms with Crippen molar-refractivity contribution in [1.82, 2.24) is 34.1 Å². The molecular weight excluding hydrogens is 338 g/mol. The third-order valence-corrected chi connectivity index (χ3v) is 5.10. The van der Waals surface area contributed by atoms with Crippen molar-refractivity contribution < 1.29 is 0 Å². The first kappa shape index (κ1) is 16.1. The van der Waals surface area contributed by atoms with Crippen LogP contribution in [0.25, 0.3) is 11.5 Å². The topological polar surface area (TPSA) is 73.8 Å². The summed E-state index contributed by atoms with van der Waals surface area (Å²) in [6, 6.07) is 6.21. The van der Waals surface area contributed by atoms with E-state index in [9.17, 15) is 0 Å². The average molecular weight is 359 g/mol. The predicted octanol–water partition coefficient (Wildman–Crippen LogP) is 3.21. The summed E-state index contributed by atoms with van der Waals surface area (Å²) >= 11 is 0. The number of aromatic nitrogens is 7. The van der Waals surface area contributed by atoms with Crippen LogP contribution in [-0.2, 0) is 0 Å². The Morgan fingerprint density at radius 3 is 2.44 bits per heavy atom. The van der Waals surface area contributed by atoms with Crippen LogP contribution >= 0.6 is 0 Å². The van der Waals surface area contributed by atoms with Crippen LogP contribution in [0.5, 0.6) is 0 Å². The second kappa shape index (κ2) is 5.70. The Labute approximate surface area is 157 Å². The van der Waals surface area contributed by atoms with E-state index in [0.29, 0.717) is 11.8 Å². The van der Waals surface area contributed by atoms with Crippen LogP contribution in [-0.4, -0.2) is 34.1 Å². The highest BCUT2D eigenvalue weighted by Gasteiger charge is 2.42. The number of pyridine rings is 1. The minimum Gasteiger partial charge on any atom is -0.307 e. The molecular formula is C20H21N7. The maximum absolute atomic E-state index is 4.80. The number of aryl methyl sites for hydroxylation is 4. The van der Waals surface area contributed by atoms with E-state index in [1.54, 1.807) is 4.68 Å². The van der Waals surface area contributed by atoms with Crippen molar-refractivity contribution in [3.05, 3.63) is 65.0 Å². The molecule has 0 radical (unpaired) electrons. The molecule has 4 heterocycles. The van der Waals surface area contributed by atoms with Crippen molar-refractivity contribution in [2.75, 3.05) is 0 Å². The molecule has 4 aromatic heterocycles. The molecule has 2 atom stereocenters. The lowest BCUT2D eigenvalue weighted by molar-refractivity contribution is 0.778. The SMILES string of the molecule is Cc1ccc2nc(C3C[C@H]3c3cc(-n4nc(C)nc4C)nc(C)n3)cn2c1. The minimum atomic E-state index is 0.376. The van der Waals surface area contributed by atoms with E-state index < -0.39 is 0 Å². The Hall–Kier alpha value is -3.09. The average Bonchev–Trinajstić information content (AvgIpc) is 3.20. The Balaban J connectivity index is 1.48. The summed E-state index contributed by atoms with van der Waals surface area (Å²) in [6.45, 7) is 7.85. The zero-order chi connectivity index (χ0) is 18.7. The number of hydrogen-bond acceptors (Lipinski definition) is 5. The van der Waals surface area contributed by atoms with Gasteiger partial charge in [0.2, 0.25) is 0 Å². The van der Waals surface area contributed by atoms with Gasteiger partial charge in [-0.3, -0.25) is 0 Å². The van der Waals surface area contributed by atoms with Gasteiger partial charge in [0.15, 0.2) is 5.82 Å². The van der Waals surface area contributed by atoms with Crippen LogP contribution in [0.15, 0.2) is 30.6 Å². The molecule has 1 fully saturated rings. The molecule has 7 nitrogen and oxygen atoms in total. The lowest BCUT2D eigenvalue weighted by Crippen LogP contribution is -2.06. The maximum atomic E-state index is 4.80. The lowest BCUT2D eigenvalue weighted by atomic mass is 10.2. The second-order valence-electron chi connectivity index (χ2n) is 7.40. The van der Waals surface area contributed by atoms with Gasteiger partial charge in [-0.25, -0.2) is 19.9 Å². The number of fused-ring (bicyclic) bond motifs is 1. The molecule has 1 saturated carbocycles. The summed E-state index contributed by atoms with van der Waals surface area (Å²) in [7, 11) is 0. The first-order valence-electron chi connectivity index (χ1n) is 9.19. The monoisotopic (exact) mass is 359 g/mol. The van der Waals surface area contributed by atoms with E-state index in [1.165, 1.54) is 5.56 Å². The Morgan fingerprint density at radius 2 is 1.67 bits per heavy atom. The van der Waals surface area contributed by atoms with E-state index in [-0.39, 0.29) is 0 Å². The normalized spacial score (nSPS) is 19.0. The van der Waals surface area contributed by atoms with E-state index >= 15 is 0 Å². The van der Waals surface area contributed by atoms with Crippen molar-refractivity contribution in [3.8, 4) is 5.82 Å². The molecule has 0 bridgehead atoms. The number of nitrogens with zero attached hydrogens (tertiary/aromatic N) is 7. The van der Waals surface area contributed by atoms with Gasteiger partial charge in [-0.2, -0.15) is 4.68 Å². The molecule has 0 saturated heterocycles. The zero-order valence-electron chi connectivity index (χ0n) is 15.9. The number of imidazole rings is 1. The van der Waals surface area contributed by atoms with Crippen LogP contribution in [0.1, 0.15) is 52.7 Å². The van der Waals surface area contributed by atoms with Gasteiger partial charge in [0.1, 0.15) is 23.1 Å². The fourth-order valence-corrected chi connectivity index (χ4v) is 3.76. The fourth-order valence-electron chi connectivity index (χ4n) is 3.76. The van der Waals surface area contributed by atoms with E-state index in [4.69, 9.17) is 9.97 Å². The van der Waals surface area contributed by atoms with Gasteiger partial charge in [0.05, 0.1) is 11.4 Å². The summed E-state index contributed by atoms with van der Waals surface area (Å²) in [5.41, 5.74) is 4.42. The summed E-state index contributed by atoms with van der Waals surface area (Å²) in [4.78, 5) is 18.4. The summed E-state index contributed by atoms with van der Waals surface area (Å²) in [5.74, 6) is 3.90. The van der Waals surface area contributed by atoms with Crippen LogP contribution < -0.4 is 0 Å². The third-order valence-electron chi connectivity index (χ3n) is 5.10. The molecule has 7 heteroatoms. The zero-order valence-corrected chi connectivity index (χ0v) is 15.9. The molecule has 0 spiro atoms. The molecule has 136 valence electrons. The minimum absolute atomic E-state index is 0.376. The molecule has 1 aliphatic carbocycles. The molecule has 1 aliphatic rings. The van der Waals surface area contributed by atoms with Crippen molar-refractivity contribution >= 4 is 5.65 Å². The molecule has 5 rings (SSSR count). The molecule has 4 aromatic rings. The molecule has 0 N–H and O–H groups in total. The second-order valence-corrected chi connectivity index (χ2v) is 7.40. The number of rotatable bonds is 3. The van der Waals surface area contributed by atoms with Gasteiger partial charge in [-0.15, -0.1) is 5.10 Å². The smallest absolute Gasteiger partial charge is 0.159 e. The quantitative estimate of drug-likeness (QED) is 0.561. The van der Waals surface area contributed by atoms with E-state index in [2.05, 4.69) is 50.9 Å². The third kappa shape index (κ3) is 2.79. The molecule has 0 aromatic carbocycles. The van der Waals surface area contributed by atoms with Crippen LogP contribution in [0.3, 0.4) is 0 Å². The highest BCUT2D eigenvalue weighted by Crippen LogP contribution is 2.53. The lowest BCUT2D eigenvalue weighted by Gasteiger charge is -2.06. The van der Waals surface area contributed by atoms with Crippen LogP contribution in [0.4, 0.5) is 0 Å². The van der Waals surface area contributed by atoms with Crippen LogP contribution in [0, 0.1) is 27.7 Å². The maximum Gasteiger partial charge on any atom is 0.159 e. The van der Waals surface area contributed by atoms with Gasteiger partial charge < -0.3 is 4.40 Å². The van der Waals surface area contributed by atoms with Crippen molar-refractivity contribution in [2.24, 2.45) is 0 Å². The highest BCUT2D eigenvalue weighted by molar-refractivity contribution is 5.44. The van der Waals surface area contributed by atoms with E-state index in [1.807, 2.05) is 26.8 Å². The predicted molar refractivity (Wildman–Crippen MR) is 101 cm³/mol. The van der Waals surface area contributed by atoms with Gasteiger partial charge in [-0.05, 0) is 45.7 Å². The van der Waals surface area contributed by atoms with E-state index in [0.717, 1.165) is 46.7 Å². The molecule has 1 unspecified atom stereocenters. The van der Waals surface area contributed by atoms with Gasteiger partial charge in [0.25, 0.3) is 0 Å². The largest absolute Gasteiger partial charge is 0.307 e. The first-order valence-corrected chi connectivity index (χ1v) is 9.19. The fraction of sp³-hybridized carbons (Fsp3) is 0.350. The Kier molecular flexibility index (Phi) is 3.40. The Morgan fingerprint density at radius 1 is 0.852 bits per heavy atom. The molecule has 0 aliphatic heterocycles. The van der Waals surface area contributed by atoms with Gasteiger partial charge >= 0.3 is 0 Å².